The third kappa shape index (κ3) is 4.78. The molecule has 0 saturated carbocycles. The summed E-state index contributed by atoms with van der Waals surface area (Å²) >= 11 is 0. The first-order chi connectivity index (χ1) is 16.0. The van der Waals surface area contributed by atoms with E-state index in [-0.39, 0.29) is 28.8 Å². The van der Waals surface area contributed by atoms with E-state index >= 15 is 0 Å². The van der Waals surface area contributed by atoms with Gasteiger partial charge in [0.2, 0.25) is 15.9 Å². The van der Waals surface area contributed by atoms with Gasteiger partial charge in [0.15, 0.2) is 5.76 Å². The maximum atomic E-state index is 13.2. The Morgan fingerprint density at radius 2 is 1.82 bits per heavy atom. The number of anilines is 1. The molecule has 0 spiro atoms. The Hall–Kier alpha value is -2.60. The van der Waals surface area contributed by atoms with E-state index in [4.69, 9.17) is 4.52 Å². The fourth-order valence-corrected chi connectivity index (χ4v) is 6.47. The Morgan fingerprint density at radius 3 is 2.44 bits per heavy atom. The van der Waals surface area contributed by atoms with Crippen molar-refractivity contribution in [1.82, 2.24) is 14.4 Å². The summed E-state index contributed by atoms with van der Waals surface area (Å²) in [6.07, 6.45) is -3.27. The molecule has 1 aromatic carbocycles. The normalized spacial score (nSPS) is 20.6. The molecule has 1 aromatic heterocycles. The van der Waals surface area contributed by atoms with E-state index in [1.165, 1.54) is 10.4 Å². The van der Waals surface area contributed by atoms with Crippen LogP contribution in [0.4, 0.5) is 18.9 Å². The molecule has 2 aromatic rings. The van der Waals surface area contributed by atoms with Crippen LogP contribution in [0.3, 0.4) is 0 Å². The number of piperazine rings is 1. The van der Waals surface area contributed by atoms with Crippen LogP contribution in [0.5, 0.6) is 0 Å². The lowest BCUT2D eigenvalue weighted by Gasteiger charge is -2.39. The first kappa shape index (κ1) is 24.5. The molecular weight excluding hydrogens is 473 g/mol. The number of hydrogen-bond donors (Lipinski definition) is 0. The molecule has 2 aliphatic rings. The van der Waals surface area contributed by atoms with Gasteiger partial charge in [0, 0.05) is 45.0 Å². The van der Waals surface area contributed by atoms with Crippen LogP contribution in [0.2, 0.25) is 0 Å². The van der Waals surface area contributed by atoms with Crippen LogP contribution >= 0.6 is 0 Å². The maximum absolute atomic E-state index is 13.2. The molecule has 0 unspecified atom stereocenters. The van der Waals surface area contributed by atoms with Gasteiger partial charge in [0.05, 0.1) is 11.5 Å². The second-order valence-corrected chi connectivity index (χ2v) is 10.6. The Kier molecular flexibility index (Phi) is 6.65. The first-order valence-electron chi connectivity index (χ1n) is 11.1. The molecule has 0 bridgehead atoms. The lowest BCUT2D eigenvalue weighted by molar-refractivity contribution is -0.137. The second-order valence-electron chi connectivity index (χ2n) is 8.72. The number of sulfonamides is 1. The van der Waals surface area contributed by atoms with Gasteiger partial charge in [-0.1, -0.05) is 11.2 Å². The third-order valence-electron chi connectivity index (χ3n) is 6.43. The van der Waals surface area contributed by atoms with Crippen molar-refractivity contribution >= 4 is 21.6 Å². The molecule has 186 valence electrons. The van der Waals surface area contributed by atoms with Gasteiger partial charge in [-0.2, -0.15) is 17.5 Å². The highest BCUT2D eigenvalue weighted by Gasteiger charge is 2.38. The number of carbonyl (C=O) groups is 1. The summed E-state index contributed by atoms with van der Waals surface area (Å²) in [7, 11) is -3.83. The number of carbonyl (C=O) groups excluding carboxylic acids is 1. The van der Waals surface area contributed by atoms with Gasteiger partial charge < -0.3 is 14.3 Å². The smallest absolute Gasteiger partial charge is 0.368 e. The minimum atomic E-state index is -4.41. The van der Waals surface area contributed by atoms with Gasteiger partial charge in [-0.25, -0.2) is 8.42 Å². The molecule has 34 heavy (non-hydrogen) atoms. The van der Waals surface area contributed by atoms with Crippen molar-refractivity contribution < 1.29 is 30.9 Å². The van der Waals surface area contributed by atoms with Gasteiger partial charge in [0.1, 0.15) is 10.6 Å². The highest BCUT2D eigenvalue weighted by Crippen LogP contribution is 2.32. The van der Waals surface area contributed by atoms with Gasteiger partial charge in [0.25, 0.3) is 0 Å². The summed E-state index contributed by atoms with van der Waals surface area (Å²) in [6.45, 7) is 5.05. The Morgan fingerprint density at radius 1 is 1.12 bits per heavy atom. The summed E-state index contributed by atoms with van der Waals surface area (Å²) < 4.78 is 71.7. The number of halogens is 3. The van der Waals surface area contributed by atoms with E-state index in [0.29, 0.717) is 51.3 Å². The fourth-order valence-electron chi connectivity index (χ4n) is 4.66. The van der Waals surface area contributed by atoms with Crippen molar-refractivity contribution in [2.75, 3.05) is 44.2 Å². The summed E-state index contributed by atoms with van der Waals surface area (Å²) in [4.78, 5) is 16.7. The molecule has 0 radical (unpaired) electrons. The lowest BCUT2D eigenvalue weighted by Crippen LogP contribution is -2.53. The predicted molar refractivity (Wildman–Crippen MR) is 118 cm³/mol. The standard InChI is InChI=1S/C22H27F3N4O4S/c1-15-20(16(2)33-26-15)34(31,32)29-8-4-5-17(14-29)21(30)28-11-9-27(10-12-28)19-7-3-6-18(13-19)22(23,24)25/h3,6-7,13,17H,4-5,8-12,14H2,1-2H3/t17-/m0/s1. The van der Waals surface area contributed by atoms with Gasteiger partial charge in [-0.15, -0.1) is 0 Å². The third-order valence-corrected chi connectivity index (χ3v) is 8.54. The number of amides is 1. The molecule has 12 heteroatoms. The topological polar surface area (TPSA) is 87.0 Å². The molecule has 2 aliphatic heterocycles. The molecule has 3 heterocycles. The van der Waals surface area contributed by atoms with Crippen LogP contribution in [0.1, 0.15) is 29.9 Å². The zero-order valence-corrected chi connectivity index (χ0v) is 19.8. The zero-order chi connectivity index (χ0) is 24.7. The van der Waals surface area contributed by atoms with E-state index in [9.17, 15) is 26.4 Å². The molecule has 1 amide bonds. The maximum Gasteiger partial charge on any atom is 0.416 e. The van der Waals surface area contributed by atoms with Crippen molar-refractivity contribution in [1.29, 1.82) is 0 Å². The number of rotatable bonds is 4. The van der Waals surface area contributed by atoms with E-state index < -0.39 is 27.7 Å². The lowest BCUT2D eigenvalue weighted by atomic mass is 9.97. The van der Waals surface area contributed by atoms with Crippen LogP contribution in [0.25, 0.3) is 0 Å². The number of piperidine rings is 1. The summed E-state index contributed by atoms with van der Waals surface area (Å²) in [6, 6.07) is 5.17. The Balaban J connectivity index is 1.40. The second kappa shape index (κ2) is 9.21. The molecule has 8 nitrogen and oxygen atoms in total. The van der Waals surface area contributed by atoms with Crippen molar-refractivity contribution in [3.8, 4) is 0 Å². The van der Waals surface area contributed by atoms with Crippen LogP contribution in [-0.2, 0) is 21.0 Å². The largest absolute Gasteiger partial charge is 0.416 e. The highest BCUT2D eigenvalue weighted by atomic mass is 32.2. The summed E-state index contributed by atoms with van der Waals surface area (Å²) in [5.74, 6) is -0.372. The number of aromatic nitrogens is 1. The molecule has 4 rings (SSSR count). The number of aryl methyl sites for hydroxylation is 2. The summed E-state index contributed by atoms with van der Waals surface area (Å²) in [5, 5.41) is 3.73. The van der Waals surface area contributed by atoms with Gasteiger partial charge >= 0.3 is 6.18 Å². The zero-order valence-electron chi connectivity index (χ0n) is 19.0. The van der Waals surface area contributed by atoms with Crippen LogP contribution in [-0.4, -0.2) is 68.0 Å². The Labute approximate surface area is 196 Å². The highest BCUT2D eigenvalue weighted by molar-refractivity contribution is 7.89. The van der Waals surface area contributed by atoms with Crippen LogP contribution in [0, 0.1) is 19.8 Å². The average molecular weight is 501 g/mol. The van der Waals surface area contributed by atoms with E-state index in [1.807, 2.05) is 4.90 Å². The van der Waals surface area contributed by atoms with Crippen molar-refractivity contribution in [2.45, 2.75) is 37.8 Å². The van der Waals surface area contributed by atoms with Gasteiger partial charge in [-0.3, -0.25) is 4.79 Å². The predicted octanol–water partition coefficient (Wildman–Crippen LogP) is 3.06. The minimum absolute atomic E-state index is 0.0512. The van der Waals surface area contributed by atoms with Gasteiger partial charge in [-0.05, 0) is 44.9 Å². The molecule has 0 aliphatic carbocycles. The first-order valence-corrected chi connectivity index (χ1v) is 12.6. The van der Waals surface area contributed by atoms with Crippen molar-refractivity contribution in [2.24, 2.45) is 5.92 Å². The number of nitrogens with zero attached hydrogens (tertiary/aromatic N) is 4. The van der Waals surface area contributed by atoms with E-state index in [2.05, 4.69) is 5.16 Å². The quantitative estimate of drug-likeness (QED) is 0.642. The number of benzene rings is 1. The van der Waals surface area contributed by atoms with Crippen molar-refractivity contribution in [3.05, 3.63) is 41.3 Å². The number of hydrogen-bond acceptors (Lipinski definition) is 6. The SMILES string of the molecule is Cc1noc(C)c1S(=O)(=O)N1CCC[C@H](C(=O)N2CCN(c3cccc(C(F)(F)F)c3)CC2)C1. The number of alkyl halides is 3. The molecule has 0 N–H and O–H groups in total. The average Bonchev–Trinajstić information content (AvgIpc) is 3.17. The fraction of sp³-hybridized carbons (Fsp3) is 0.545. The molecule has 1 atom stereocenters. The molecule has 2 saturated heterocycles. The monoisotopic (exact) mass is 500 g/mol. The van der Waals surface area contributed by atoms with Crippen LogP contribution in [0.15, 0.2) is 33.7 Å². The van der Waals surface area contributed by atoms with Crippen molar-refractivity contribution in [3.63, 3.8) is 0 Å². The minimum Gasteiger partial charge on any atom is -0.368 e. The van der Waals surface area contributed by atoms with E-state index in [0.717, 1.165) is 12.1 Å². The van der Waals surface area contributed by atoms with E-state index in [1.54, 1.807) is 24.8 Å². The summed E-state index contributed by atoms with van der Waals surface area (Å²) in [5.41, 5.74) is 0.0540. The van der Waals surface area contributed by atoms with Crippen LogP contribution < -0.4 is 4.90 Å². The molecular formula is C22H27F3N4O4S. The molecule has 2 fully saturated rings. The Bertz CT molecular complexity index is 1140.